The second kappa shape index (κ2) is 4.42. The third kappa shape index (κ3) is 1.80. The fourth-order valence-corrected chi connectivity index (χ4v) is 3.36. The summed E-state index contributed by atoms with van der Waals surface area (Å²) in [5, 5.41) is 0. The number of fused-ring (bicyclic) bond motifs is 2. The van der Waals surface area contributed by atoms with Gasteiger partial charge in [-0.1, -0.05) is 0 Å². The molecule has 0 unspecified atom stereocenters. The lowest BCUT2D eigenvalue weighted by Crippen LogP contribution is -2.02. The Morgan fingerprint density at radius 3 is 2.75 bits per heavy atom. The Kier molecular flexibility index (Phi) is 2.56. The third-order valence-electron chi connectivity index (χ3n) is 3.34. The smallest absolute Gasteiger partial charge is 0.161 e. The minimum Gasteiger partial charge on any atom is -0.383 e. The molecule has 0 amide bonds. The molecule has 0 atom stereocenters. The summed E-state index contributed by atoms with van der Waals surface area (Å²) in [7, 11) is 0. The van der Waals surface area contributed by atoms with Gasteiger partial charge in [0.1, 0.15) is 5.82 Å². The molecule has 6 heteroatoms. The van der Waals surface area contributed by atoms with Crippen molar-refractivity contribution in [3.63, 3.8) is 0 Å². The van der Waals surface area contributed by atoms with Crippen molar-refractivity contribution >= 4 is 28.6 Å². The number of aromatic nitrogens is 4. The molecule has 1 aliphatic rings. The van der Waals surface area contributed by atoms with Gasteiger partial charge in [-0.25, -0.2) is 9.97 Å². The summed E-state index contributed by atoms with van der Waals surface area (Å²) in [5.74, 6) is 3.07. The van der Waals surface area contributed by atoms with E-state index in [0.717, 1.165) is 39.4 Å². The van der Waals surface area contributed by atoms with Crippen LogP contribution in [0.4, 0.5) is 5.82 Å². The van der Waals surface area contributed by atoms with Crippen molar-refractivity contribution in [2.24, 2.45) is 0 Å². The SMILES string of the molecule is Nc1nc(-c2ccc3nccnc3c2)nc2c1CSC2. The topological polar surface area (TPSA) is 77.6 Å². The molecule has 0 bridgehead atoms. The number of benzene rings is 1. The van der Waals surface area contributed by atoms with Crippen molar-refractivity contribution in [2.75, 3.05) is 5.73 Å². The van der Waals surface area contributed by atoms with Gasteiger partial charge in [0.25, 0.3) is 0 Å². The van der Waals surface area contributed by atoms with Gasteiger partial charge in [-0.2, -0.15) is 11.8 Å². The highest BCUT2D eigenvalue weighted by molar-refractivity contribution is 7.98. The standard InChI is InChI=1S/C14H11N5S/c15-13-9-6-20-7-12(9)18-14(19-13)8-1-2-10-11(5-8)17-4-3-16-10/h1-5H,6-7H2,(H2,15,18,19). The maximum Gasteiger partial charge on any atom is 0.161 e. The van der Waals surface area contributed by atoms with Crippen LogP contribution in [0.25, 0.3) is 22.4 Å². The Bertz CT molecular complexity index is 818. The molecule has 20 heavy (non-hydrogen) atoms. The van der Waals surface area contributed by atoms with Crippen molar-refractivity contribution in [3.05, 3.63) is 41.9 Å². The zero-order chi connectivity index (χ0) is 13.5. The molecule has 2 N–H and O–H groups in total. The first kappa shape index (κ1) is 11.6. The zero-order valence-electron chi connectivity index (χ0n) is 10.6. The van der Waals surface area contributed by atoms with Crippen LogP contribution in [0.15, 0.2) is 30.6 Å². The predicted octanol–water partition coefficient (Wildman–Crippen LogP) is 2.42. The average Bonchev–Trinajstić information content (AvgIpc) is 2.96. The van der Waals surface area contributed by atoms with Gasteiger partial charge in [-0.15, -0.1) is 0 Å². The minimum absolute atomic E-state index is 0.592. The molecule has 4 rings (SSSR count). The van der Waals surface area contributed by atoms with Gasteiger partial charge in [-0.3, -0.25) is 9.97 Å². The lowest BCUT2D eigenvalue weighted by atomic mass is 10.1. The Hall–Kier alpha value is -2.21. The Labute approximate surface area is 119 Å². The number of hydrogen-bond acceptors (Lipinski definition) is 6. The third-order valence-corrected chi connectivity index (χ3v) is 4.31. The van der Waals surface area contributed by atoms with E-state index in [0.29, 0.717) is 11.6 Å². The molecule has 98 valence electrons. The van der Waals surface area contributed by atoms with Gasteiger partial charge < -0.3 is 5.73 Å². The van der Waals surface area contributed by atoms with Crippen molar-refractivity contribution < 1.29 is 0 Å². The van der Waals surface area contributed by atoms with Gasteiger partial charge >= 0.3 is 0 Å². The molecule has 2 aromatic heterocycles. The van der Waals surface area contributed by atoms with E-state index in [1.165, 1.54) is 0 Å². The van der Waals surface area contributed by atoms with Crippen LogP contribution in [0, 0.1) is 0 Å². The highest BCUT2D eigenvalue weighted by Gasteiger charge is 2.18. The van der Waals surface area contributed by atoms with Crippen molar-refractivity contribution in [3.8, 4) is 11.4 Å². The quantitative estimate of drug-likeness (QED) is 0.738. The van der Waals surface area contributed by atoms with E-state index in [2.05, 4.69) is 19.9 Å². The Morgan fingerprint density at radius 1 is 1.00 bits per heavy atom. The number of anilines is 1. The van der Waals surface area contributed by atoms with Crippen LogP contribution in [0.1, 0.15) is 11.3 Å². The van der Waals surface area contributed by atoms with Crippen LogP contribution < -0.4 is 5.73 Å². The monoisotopic (exact) mass is 281 g/mol. The normalized spacial score (nSPS) is 13.6. The fourth-order valence-electron chi connectivity index (χ4n) is 2.31. The highest BCUT2D eigenvalue weighted by atomic mass is 32.2. The van der Waals surface area contributed by atoms with Gasteiger partial charge in [0, 0.05) is 35.0 Å². The first-order chi connectivity index (χ1) is 9.81. The van der Waals surface area contributed by atoms with E-state index in [1.807, 2.05) is 30.0 Å². The molecule has 0 saturated heterocycles. The van der Waals surface area contributed by atoms with Gasteiger partial charge in [0.05, 0.1) is 16.7 Å². The molecule has 1 aromatic carbocycles. The van der Waals surface area contributed by atoms with Crippen LogP contribution >= 0.6 is 11.8 Å². The molecule has 0 radical (unpaired) electrons. The second-order valence-corrected chi connectivity index (χ2v) is 5.60. The molecular formula is C14H11N5S. The molecule has 5 nitrogen and oxygen atoms in total. The summed E-state index contributed by atoms with van der Waals surface area (Å²) in [6, 6.07) is 5.84. The molecule has 0 saturated carbocycles. The van der Waals surface area contributed by atoms with Gasteiger partial charge in [-0.05, 0) is 18.2 Å². The summed E-state index contributed by atoms with van der Waals surface area (Å²) < 4.78 is 0. The molecule has 0 spiro atoms. The first-order valence-corrected chi connectivity index (χ1v) is 7.41. The molecular weight excluding hydrogens is 270 g/mol. The maximum atomic E-state index is 6.03. The molecule has 0 aliphatic carbocycles. The Balaban J connectivity index is 1.88. The number of hydrogen-bond donors (Lipinski definition) is 1. The first-order valence-electron chi connectivity index (χ1n) is 6.25. The van der Waals surface area contributed by atoms with Crippen LogP contribution in [0.3, 0.4) is 0 Å². The van der Waals surface area contributed by atoms with E-state index in [4.69, 9.17) is 5.73 Å². The summed E-state index contributed by atoms with van der Waals surface area (Å²) >= 11 is 1.82. The Morgan fingerprint density at radius 2 is 1.85 bits per heavy atom. The van der Waals surface area contributed by atoms with Crippen molar-refractivity contribution in [1.29, 1.82) is 0 Å². The molecule has 3 heterocycles. The van der Waals surface area contributed by atoms with Crippen LogP contribution in [-0.2, 0) is 11.5 Å². The number of nitrogens with zero attached hydrogens (tertiary/aromatic N) is 4. The predicted molar refractivity (Wildman–Crippen MR) is 80.0 cm³/mol. The van der Waals surface area contributed by atoms with Gasteiger partial charge in [0.2, 0.25) is 0 Å². The minimum atomic E-state index is 0.592. The van der Waals surface area contributed by atoms with E-state index >= 15 is 0 Å². The summed E-state index contributed by atoms with van der Waals surface area (Å²) in [6.07, 6.45) is 3.36. The van der Waals surface area contributed by atoms with Crippen LogP contribution in [-0.4, -0.2) is 19.9 Å². The lowest BCUT2D eigenvalue weighted by Gasteiger charge is -2.06. The van der Waals surface area contributed by atoms with E-state index in [-0.39, 0.29) is 0 Å². The van der Waals surface area contributed by atoms with E-state index in [1.54, 1.807) is 12.4 Å². The molecule has 1 aliphatic heterocycles. The summed E-state index contributed by atoms with van der Waals surface area (Å²) in [4.78, 5) is 17.6. The van der Waals surface area contributed by atoms with Gasteiger partial charge in [0.15, 0.2) is 5.82 Å². The summed E-state index contributed by atoms with van der Waals surface area (Å²) in [6.45, 7) is 0. The average molecular weight is 281 g/mol. The van der Waals surface area contributed by atoms with Crippen LogP contribution in [0.5, 0.6) is 0 Å². The van der Waals surface area contributed by atoms with E-state index in [9.17, 15) is 0 Å². The van der Waals surface area contributed by atoms with Crippen LogP contribution in [0.2, 0.25) is 0 Å². The number of thioether (sulfide) groups is 1. The highest BCUT2D eigenvalue weighted by Crippen LogP contribution is 2.33. The number of nitrogens with two attached hydrogens (primary N) is 1. The number of rotatable bonds is 1. The van der Waals surface area contributed by atoms with E-state index < -0.39 is 0 Å². The lowest BCUT2D eigenvalue weighted by molar-refractivity contribution is 1.08. The summed E-state index contributed by atoms with van der Waals surface area (Å²) in [5.41, 5.74) is 10.8. The molecule has 0 fully saturated rings. The van der Waals surface area contributed by atoms with Crippen molar-refractivity contribution in [1.82, 2.24) is 19.9 Å². The molecule has 3 aromatic rings. The maximum absolute atomic E-state index is 6.03. The van der Waals surface area contributed by atoms with Crippen molar-refractivity contribution in [2.45, 2.75) is 11.5 Å². The fraction of sp³-hybridized carbons (Fsp3) is 0.143. The second-order valence-electron chi connectivity index (χ2n) is 4.61. The number of nitrogen functional groups attached to an aromatic ring is 1. The zero-order valence-corrected chi connectivity index (χ0v) is 11.4. The largest absolute Gasteiger partial charge is 0.383 e.